The molecule has 2 rings (SSSR count). The van der Waals surface area contributed by atoms with E-state index in [9.17, 15) is 30.0 Å². The van der Waals surface area contributed by atoms with E-state index in [-0.39, 0.29) is 0 Å². The molecular weight excluding hydrogens is 300 g/mol. The van der Waals surface area contributed by atoms with Gasteiger partial charge in [0, 0.05) is 5.92 Å². The Bertz CT molecular complexity index is 502. The number of aliphatic hydroxyl groups is 4. The van der Waals surface area contributed by atoms with Gasteiger partial charge in [-0.1, -0.05) is 6.92 Å². The van der Waals surface area contributed by atoms with Crippen LogP contribution in [0, 0.1) is 5.92 Å². The molecule has 0 saturated carbocycles. The second-order valence-electron chi connectivity index (χ2n) is 5.40. The third-order valence-electron chi connectivity index (χ3n) is 3.91. The van der Waals surface area contributed by atoms with Gasteiger partial charge in [-0.15, -0.1) is 0 Å². The molecule has 6 atom stereocenters. The number of hydrogen-bond acceptors (Lipinski definition) is 9. The highest BCUT2D eigenvalue weighted by Gasteiger charge is 2.56. The van der Waals surface area contributed by atoms with E-state index in [0.717, 1.165) is 13.2 Å². The van der Waals surface area contributed by atoms with Crippen LogP contribution in [0.25, 0.3) is 0 Å². The van der Waals surface area contributed by atoms with Gasteiger partial charge < -0.3 is 34.6 Å². The van der Waals surface area contributed by atoms with Crippen LogP contribution in [0.1, 0.15) is 13.3 Å². The van der Waals surface area contributed by atoms with E-state index in [0.29, 0.717) is 0 Å². The summed E-state index contributed by atoms with van der Waals surface area (Å²) >= 11 is 0. The summed E-state index contributed by atoms with van der Waals surface area (Å²) in [5.41, 5.74) is 0. The SMILES string of the molecule is COC(=O)C[C@@]1(O)O[C@@H]([C@@H]2OC(=O)C=C2O)[C@H](C)[C@@H](O)[C@@H]1O. The van der Waals surface area contributed by atoms with Gasteiger partial charge in [0.15, 0.2) is 6.10 Å². The molecule has 0 aromatic rings. The Morgan fingerprint density at radius 2 is 2.09 bits per heavy atom. The maximum Gasteiger partial charge on any atom is 0.335 e. The maximum atomic E-state index is 11.4. The number of methoxy groups -OCH3 is 1. The number of carbonyl (C=O) groups excluding carboxylic acids is 2. The van der Waals surface area contributed by atoms with E-state index in [1.165, 1.54) is 6.92 Å². The molecule has 0 amide bonds. The van der Waals surface area contributed by atoms with E-state index < -0.39 is 60.2 Å². The lowest BCUT2D eigenvalue weighted by Gasteiger charge is -2.47. The van der Waals surface area contributed by atoms with E-state index >= 15 is 0 Å². The molecule has 1 fully saturated rings. The van der Waals surface area contributed by atoms with Crippen LogP contribution in [0.3, 0.4) is 0 Å². The summed E-state index contributed by atoms with van der Waals surface area (Å²) < 4.78 is 14.6. The smallest absolute Gasteiger partial charge is 0.335 e. The van der Waals surface area contributed by atoms with Gasteiger partial charge >= 0.3 is 11.9 Å². The first kappa shape index (κ1) is 16.7. The van der Waals surface area contributed by atoms with Crippen LogP contribution in [0.4, 0.5) is 0 Å². The van der Waals surface area contributed by atoms with Gasteiger partial charge in [-0.2, -0.15) is 0 Å². The molecule has 2 aliphatic rings. The topological polar surface area (TPSA) is 143 Å². The normalized spacial score (nSPS) is 41.8. The second-order valence-corrected chi connectivity index (χ2v) is 5.40. The number of hydrogen-bond donors (Lipinski definition) is 4. The summed E-state index contributed by atoms with van der Waals surface area (Å²) in [6.07, 6.45) is -5.54. The number of ether oxygens (including phenoxy) is 3. The third-order valence-corrected chi connectivity index (χ3v) is 3.91. The van der Waals surface area contributed by atoms with Crippen molar-refractivity contribution in [1.82, 2.24) is 0 Å². The first-order valence-electron chi connectivity index (χ1n) is 6.64. The summed E-state index contributed by atoms with van der Waals surface area (Å²) in [5, 5.41) is 40.1. The number of carbonyl (C=O) groups is 2. The van der Waals surface area contributed by atoms with Crippen molar-refractivity contribution >= 4 is 11.9 Å². The first-order valence-corrected chi connectivity index (χ1v) is 6.64. The van der Waals surface area contributed by atoms with Gasteiger partial charge in [-0.3, -0.25) is 4.79 Å². The minimum Gasteiger partial charge on any atom is -0.508 e. The lowest BCUT2D eigenvalue weighted by atomic mass is 9.83. The van der Waals surface area contributed by atoms with Crippen LogP contribution < -0.4 is 0 Å². The number of aliphatic hydroxyl groups excluding tert-OH is 3. The Hall–Kier alpha value is -1.68. The van der Waals surface area contributed by atoms with Gasteiger partial charge in [0.1, 0.15) is 24.4 Å². The fourth-order valence-corrected chi connectivity index (χ4v) is 2.58. The summed E-state index contributed by atoms with van der Waals surface area (Å²) in [6.45, 7) is 1.48. The van der Waals surface area contributed by atoms with E-state index in [1.807, 2.05) is 0 Å². The van der Waals surface area contributed by atoms with Crippen molar-refractivity contribution in [3.8, 4) is 0 Å². The molecule has 0 aromatic carbocycles. The number of esters is 2. The molecule has 1 saturated heterocycles. The first-order chi connectivity index (χ1) is 10.2. The highest BCUT2D eigenvalue weighted by Crippen LogP contribution is 2.38. The zero-order valence-electron chi connectivity index (χ0n) is 12.0. The van der Waals surface area contributed by atoms with Crippen molar-refractivity contribution in [2.45, 2.75) is 43.5 Å². The summed E-state index contributed by atoms with van der Waals surface area (Å²) in [6, 6.07) is 0. The van der Waals surface area contributed by atoms with Gasteiger partial charge in [0.25, 0.3) is 0 Å². The highest BCUT2D eigenvalue weighted by molar-refractivity contribution is 5.85. The van der Waals surface area contributed by atoms with Gasteiger partial charge in [-0.25, -0.2) is 4.79 Å². The van der Waals surface area contributed by atoms with Crippen LogP contribution in [0.2, 0.25) is 0 Å². The predicted octanol–water partition coefficient (Wildman–Crippen LogP) is -1.64. The van der Waals surface area contributed by atoms with Crippen molar-refractivity contribution in [3.63, 3.8) is 0 Å². The molecule has 0 aromatic heterocycles. The van der Waals surface area contributed by atoms with Crippen molar-refractivity contribution in [2.75, 3.05) is 7.11 Å². The quantitative estimate of drug-likeness (QED) is 0.450. The molecule has 124 valence electrons. The zero-order chi connectivity index (χ0) is 16.7. The minimum absolute atomic E-state index is 0.425. The van der Waals surface area contributed by atoms with Crippen LogP contribution in [-0.2, 0) is 23.8 Å². The van der Waals surface area contributed by atoms with Gasteiger partial charge in [0.05, 0.1) is 19.3 Å². The molecule has 4 N–H and O–H groups in total. The molecule has 0 aliphatic carbocycles. The predicted molar refractivity (Wildman–Crippen MR) is 68.2 cm³/mol. The number of cyclic esters (lactones) is 1. The van der Waals surface area contributed by atoms with E-state index in [2.05, 4.69) is 4.74 Å². The average molecular weight is 318 g/mol. The second kappa shape index (κ2) is 5.84. The van der Waals surface area contributed by atoms with Crippen molar-refractivity contribution in [1.29, 1.82) is 0 Å². The Kier molecular flexibility index (Phi) is 4.43. The average Bonchev–Trinajstić information content (AvgIpc) is 2.79. The Morgan fingerprint density at radius 3 is 2.59 bits per heavy atom. The molecule has 0 spiro atoms. The van der Waals surface area contributed by atoms with Crippen LogP contribution >= 0.6 is 0 Å². The lowest BCUT2D eigenvalue weighted by Crippen LogP contribution is -2.64. The van der Waals surface area contributed by atoms with Crippen LogP contribution in [0.15, 0.2) is 11.8 Å². The Balaban J connectivity index is 2.26. The van der Waals surface area contributed by atoms with Crippen molar-refractivity contribution in [3.05, 3.63) is 11.8 Å². The summed E-state index contributed by atoms with van der Waals surface area (Å²) in [7, 11) is 1.09. The molecule has 0 bridgehead atoms. The fraction of sp³-hybridized carbons (Fsp3) is 0.692. The Morgan fingerprint density at radius 1 is 1.45 bits per heavy atom. The summed E-state index contributed by atoms with van der Waals surface area (Å²) in [4.78, 5) is 22.5. The van der Waals surface area contributed by atoms with Crippen LogP contribution in [-0.4, -0.2) is 69.7 Å². The van der Waals surface area contributed by atoms with E-state index in [1.54, 1.807) is 0 Å². The molecule has 9 nitrogen and oxygen atoms in total. The zero-order valence-corrected chi connectivity index (χ0v) is 12.0. The van der Waals surface area contributed by atoms with Crippen LogP contribution in [0.5, 0.6) is 0 Å². The molecule has 0 radical (unpaired) electrons. The Labute approximate surface area is 125 Å². The van der Waals surface area contributed by atoms with Gasteiger partial charge in [-0.05, 0) is 0 Å². The number of rotatable bonds is 3. The standard InChI is InChI=1S/C13H18O9/c1-5-9(17)12(18)13(19,4-8(16)20-2)22-10(5)11-6(14)3-7(15)21-11/h3,5,9-12,14,17-19H,4H2,1-2H3/t5-,9-,10-,11-,12+,13-/m1/s1. The van der Waals surface area contributed by atoms with Crippen molar-refractivity contribution in [2.24, 2.45) is 5.92 Å². The largest absolute Gasteiger partial charge is 0.508 e. The molecule has 2 heterocycles. The van der Waals surface area contributed by atoms with Gasteiger partial charge in [0.2, 0.25) is 5.79 Å². The molecular formula is C13H18O9. The molecule has 2 aliphatic heterocycles. The van der Waals surface area contributed by atoms with Crippen molar-refractivity contribution < 1.29 is 44.2 Å². The van der Waals surface area contributed by atoms with E-state index in [4.69, 9.17) is 9.47 Å². The highest BCUT2D eigenvalue weighted by atomic mass is 16.7. The summed E-state index contributed by atoms with van der Waals surface area (Å²) in [5.74, 6) is -5.32. The molecule has 9 heteroatoms. The maximum absolute atomic E-state index is 11.4. The molecule has 22 heavy (non-hydrogen) atoms. The minimum atomic E-state index is -2.43. The third kappa shape index (κ3) is 2.80. The lowest BCUT2D eigenvalue weighted by molar-refractivity contribution is -0.345. The monoisotopic (exact) mass is 318 g/mol. The molecule has 0 unspecified atom stereocenters. The fourth-order valence-electron chi connectivity index (χ4n) is 2.58.